The third-order valence-electron chi connectivity index (χ3n) is 6.20. The van der Waals surface area contributed by atoms with Crippen molar-refractivity contribution in [3.63, 3.8) is 0 Å². The van der Waals surface area contributed by atoms with Crippen LogP contribution in [0.15, 0.2) is 66.0 Å². The Morgan fingerprint density at radius 3 is 2.48 bits per heavy atom. The molecule has 4 aromatic rings. The molecule has 1 aliphatic rings. The summed E-state index contributed by atoms with van der Waals surface area (Å²) in [5.41, 5.74) is 0.307. The Balaban J connectivity index is 1.32. The molecule has 3 heterocycles. The van der Waals surface area contributed by atoms with Gasteiger partial charge in [-0.15, -0.1) is 18.3 Å². The van der Waals surface area contributed by atoms with Gasteiger partial charge in [-0.3, -0.25) is 9.69 Å². The van der Waals surface area contributed by atoms with Crippen molar-refractivity contribution in [2.75, 3.05) is 41.6 Å². The molecular weight excluding hydrogens is 677 g/mol. The molecule has 0 atom stereocenters. The first-order valence-electron chi connectivity index (χ1n) is 13.4. The van der Waals surface area contributed by atoms with Crippen LogP contribution in [-0.2, 0) is 4.79 Å². The molecule has 1 N–H and O–H groups in total. The van der Waals surface area contributed by atoms with E-state index < -0.39 is 42.7 Å². The second-order valence-electron chi connectivity index (χ2n) is 9.90. The molecule has 0 saturated carbocycles. The summed E-state index contributed by atoms with van der Waals surface area (Å²) in [6.07, 6.45) is -7.51. The number of aromatic nitrogens is 4. The number of hydrogen-bond acceptors (Lipinski definition) is 9. The quantitative estimate of drug-likeness (QED) is 0.219. The summed E-state index contributed by atoms with van der Waals surface area (Å²) >= 11 is 0.846. The summed E-state index contributed by atoms with van der Waals surface area (Å²) < 4.78 is 101. The highest BCUT2D eigenvalue weighted by Crippen LogP contribution is 2.38. The van der Waals surface area contributed by atoms with Crippen molar-refractivity contribution in [3.05, 3.63) is 66.9 Å². The van der Waals surface area contributed by atoms with E-state index in [1.54, 1.807) is 19.0 Å². The lowest BCUT2D eigenvalue weighted by Gasteiger charge is -2.23. The molecule has 1 saturated heterocycles. The first kappa shape index (κ1) is 33.9. The summed E-state index contributed by atoms with van der Waals surface area (Å²) in [7, 11) is 3.35. The van der Waals surface area contributed by atoms with Gasteiger partial charge in [0.15, 0.2) is 23.4 Å². The number of pyridine rings is 1. The van der Waals surface area contributed by atoms with Crippen LogP contribution in [0.3, 0.4) is 0 Å². The Bertz CT molecular complexity index is 1860. The van der Waals surface area contributed by atoms with E-state index in [4.69, 9.17) is 4.74 Å². The van der Waals surface area contributed by atoms with Gasteiger partial charge in [0.05, 0.1) is 23.3 Å². The van der Waals surface area contributed by atoms with Gasteiger partial charge in [-0.1, -0.05) is 11.8 Å². The molecule has 5 rings (SSSR count). The number of nitrogens with one attached hydrogen (secondary N) is 1. The number of anilines is 3. The number of thioether (sulfide) groups is 1. The Morgan fingerprint density at radius 2 is 1.83 bits per heavy atom. The fourth-order valence-electron chi connectivity index (χ4n) is 4.12. The molecule has 1 aliphatic heterocycles. The molecule has 3 amide bonds. The van der Waals surface area contributed by atoms with Crippen molar-refractivity contribution in [2.45, 2.75) is 12.5 Å². The van der Waals surface area contributed by atoms with Crippen LogP contribution in [0.4, 0.5) is 52.6 Å². The van der Waals surface area contributed by atoms with Crippen molar-refractivity contribution >= 4 is 45.9 Å². The molecule has 0 unspecified atom stereocenters. The van der Waals surface area contributed by atoms with Gasteiger partial charge in [0.25, 0.3) is 0 Å². The van der Waals surface area contributed by atoms with E-state index in [9.17, 15) is 35.9 Å². The molecule has 20 heteroatoms. The summed E-state index contributed by atoms with van der Waals surface area (Å²) in [6.45, 7) is -1.63. The van der Waals surface area contributed by atoms with Gasteiger partial charge in [0.1, 0.15) is 23.6 Å². The number of benzene rings is 2. The van der Waals surface area contributed by atoms with Crippen molar-refractivity contribution in [2.24, 2.45) is 4.99 Å². The number of halogens is 7. The smallest absolute Gasteiger partial charge is 0.482 e. The molecule has 12 nitrogen and oxygen atoms in total. The Hall–Kier alpha value is -5.40. The largest absolute Gasteiger partial charge is 0.573 e. The van der Waals surface area contributed by atoms with Gasteiger partial charge in [-0.2, -0.15) is 18.2 Å². The van der Waals surface area contributed by atoms with E-state index in [0.29, 0.717) is 5.69 Å². The molecule has 2 aromatic heterocycles. The second kappa shape index (κ2) is 13.4. The number of aliphatic imine (C=N–C) groups is 1. The molecule has 2 aromatic carbocycles. The van der Waals surface area contributed by atoms with E-state index in [1.165, 1.54) is 42.7 Å². The van der Waals surface area contributed by atoms with Crippen LogP contribution in [0.2, 0.25) is 0 Å². The number of alkyl halides is 6. The lowest BCUT2D eigenvalue weighted by atomic mass is 10.2. The van der Waals surface area contributed by atoms with Crippen LogP contribution in [0.1, 0.15) is 0 Å². The molecular formula is C28H21F7N8O4S. The van der Waals surface area contributed by atoms with Gasteiger partial charge in [-0.05, 0) is 48.5 Å². The lowest BCUT2D eigenvalue weighted by molar-refractivity contribution is -0.274. The SMILES string of the molecule is CN(C)c1ccc(OCC(F)(F)F)c(N2C(=O)CS/C2=N\C(=O)Nc2ccc(-c3ncn(-c4ccc(OC(F)(F)F)cn4)n3)cc2F)c1. The molecule has 0 aliphatic carbocycles. The molecule has 252 valence electrons. The van der Waals surface area contributed by atoms with E-state index in [-0.39, 0.29) is 45.3 Å². The fourth-order valence-corrected chi connectivity index (χ4v) is 4.97. The van der Waals surface area contributed by atoms with E-state index in [0.717, 1.165) is 39.7 Å². The third kappa shape index (κ3) is 8.30. The minimum Gasteiger partial charge on any atom is -0.482 e. The van der Waals surface area contributed by atoms with Crippen LogP contribution in [0.5, 0.6) is 11.5 Å². The zero-order valence-corrected chi connectivity index (χ0v) is 25.3. The second-order valence-corrected chi connectivity index (χ2v) is 10.8. The standard InChI is InChI=1S/C28H21F7N8O4S/c1-41(2)16-4-7-21(46-13-27(30,31)32)20(10-16)43-23(44)12-48-26(43)39-25(45)38-19-6-3-15(9-18(19)29)24-37-14-42(40-24)22-8-5-17(11-36-22)47-28(33,34)35/h3-11,14H,12-13H2,1-2H3,(H,38,45)/b39-26-. The maximum atomic E-state index is 15.1. The van der Waals surface area contributed by atoms with Gasteiger partial charge >= 0.3 is 18.6 Å². The van der Waals surface area contributed by atoms with E-state index >= 15 is 4.39 Å². The molecule has 0 bridgehead atoms. The predicted octanol–water partition coefficient (Wildman–Crippen LogP) is 6.04. The molecule has 1 fully saturated rings. The number of carbonyl (C=O) groups excluding carboxylic acids is 2. The maximum Gasteiger partial charge on any atom is 0.573 e. The highest BCUT2D eigenvalue weighted by Gasteiger charge is 2.35. The zero-order chi connectivity index (χ0) is 34.8. The van der Waals surface area contributed by atoms with E-state index in [1.807, 2.05) is 0 Å². The number of ether oxygens (including phenoxy) is 2. The van der Waals surface area contributed by atoms with Crippen molar-refractivity contribution in [1.29, 1.82) is 0 Å². The number of nitrogens with zero attached hydrogens (tertiary/aromatic N) is 7. The maximum absolute atomic E-state index is 15.1. The summed E-state index contributed by atoms with van der Waals surface area (Å²) in [6, 6.07) is 8.87. The number of amidine groups is 1. The first-order valence-corrected chi connectivity index (χ1v) is 14.3. The molecule has 0 radical (unpaired) electrons. The summed E-state index contributed by atoms with van der Waals surface area (Å²) in [5, 5.41) is 6.22. The minimum atomic E-state index is -4.89. The average Bonchev–Trinajstić information content (AvgIpc) is 3.63. The highest BCUT2D eigenvalue weighted by molar-refractivity contribution is 8.15. The van der Waals surface area contributed by atoms with Gasteiger partial charge in [0.2, 0.25) is 5.91 Å². The number of rotatable bonds is 8. The number of urea groups is 1. The van der Waals surface area contributed by atoms with Crippen LogP contribution in [-0.4, -0.2) is 75.8 Å². The highest BCUT2D eigenvalue weighted by atomic mass is 32.2. The van der Waals surface area contributed by atoms with Crippen molar-refractivity contribution < 1.29 is 49.8 Å². The molecule has 0 spiro atoms. The summed E-state index contributed by atoms with van der Waals surface area (Å²) in [4.78, 5) is 40.0. The normalized spacial score (nSPS) is 14.4. The third-order valence-corrected chi connectivity index (χ3v) is 7.13. The van der Waals surface area contributed by atoms with Crippen LogP contribution >= 0.6 is 11.8 Å². The number of amides is 3. The Kier molecular flexibility index (Phi) is 9.46. The Labute approximate surface area is 270 Å². The first-order chi connectivity index (χ1) is 22.6. The van der Waals surface area contributed by atoms with Crippen LogP contribution in [0.25, 0.3) is 17.2 Å². The monoisotopic (exact) mass is 698 g/mol. The number of carbonyl (C=O) groups is 2. The molecule has 48 heavy (non-hydrogen) atoms. The van der Waals surface area contributed by atoms with Crippen LogP contribution in [0, 0.1) is 5.82 Å². The predicted molar refractivity (Wildman–Crippen MR) is 160 cm³/mol. The zero-order valence-electron chi connectivity index (χ0n) is 24.5. The van der Waals surface area contributed by atoms with Crippen molar-refractivity contribution in [1.82, 2.24) is 19.7 Å². The van der Waals surface area contributed by atoms with Gasteiger partial charge < -0.3 is 19.7 Å². The van der Waals surface area contributed by atoms with Gasteiger partial charge in [0, 0.05) is 25.3 Å². The lowest BCUT2D eigenvalue weighted by Crippen LogP contribution is -2.31. The summed E-state index contributed by atoms with van der Waals surface area (Å²) in [5.74, 6) is -2.38. The average molecular weight is 699 g/mol. The van der Waals surface area contributed by atoms with Crippen molar-refractivity contribution in [3.8, 4) is 28.7 Å². The van der Waals surface area contributed by atoms with E-state index in [2.05, 4.69) is 30.1 Å². The minimum absolute atomic E-state index is 0.0180. The topological polar surface area (TPSA) is 127 Å². The van der Waals surface area contributed by atoms with Gasteiger partial charge in [-0.25, -0.2) is 23.8 Å². The fraction of sp³-hybridized carbons (Fsp3) is 0.214. The number of hydrogen-bond donors (Lipinski definition) is 1. The van der Waals surface area contributed by atoms with Crippen LogP contribution < -0.4 is 24.6 Å². The Morgan fingerprint density at radius 1 is 1.06 bits per heavy atom.